The van der Waals surface area contributed by atoms with Gasteiger partial charge in [-0.15, -0.1) is 0 Å². The molecule has 0 aliphatic rings. The molecule has 0 aliphatic carbocycles. The Morgan fingerprint density at radius 1 is 1.10 bits per heavy atom. The molecule has 0 saturated heterocycles. The maximum absolute atomic E-state index is 4.60. The van der Waals surface area contributed by atoms with Crippen LogP contribution in [0.3, 0.4) is 0 Å². The summed E-state index contributed by atoms with van der Waals surface area (Å²) < 4.78 is 0. The van der Waals surface area contributed by atoms with Gasteiger partial charge in [0, 0.05) is 37.1 Å². The van der Waals surface area contributed by atoms with Gasteiger partial charge in [-0.2, -0.15) is 15.0 Å². The van der Waals surface area contributed by atoms with Gasteiger partial charge in [-0.05, 0) is 39.8 Å². The average Bonchev–Trinajstić information content (AvgIpc) is 2.49. The third kappa shape index (κ3) is 3.65. The van der Waals surface area contributed by atoms with Crippen molar-refractivity contribution in [3.63, 3.8) is 0 Å². The fourth-order valence-corrected chi connectivity index (χ4v) is 2.06. The molecule has 2 aromatic heterocycles. The molecule has 0 saturated carbocycles. The number of hydrogen-bond donors (Lipinski definition) is 1. The van der Waals surface area contributed by atoms with E-state index in [-0.39, 0.29) is 0 Å². The van der Waals surface area contributed by atoms with Crippen LogP contribution in [0.5, 0.6) is 0 Å². The van der Waals surface area contributed by atoms with E-state index < -0.39 is 0 Å². The summed E-state index contributed by atoms with van der Waals surface area (Å²) in [5.41, 5.74) is 1.90. The van der Waals surface area contributed by atoms with Crippen molar-refractivity contribution in [1.82, 2.24) is 19.9 Å². The SMILES string of the molecule is CCNc1nc(-c2ccnc(C)c2)nc(N(CC)CC)n1. The molecule has 2 heterocycles. The zero-order valence-electron chi connectivity index (χ0n) is 13.1. The molecule has 0 unspecified atom stereocenters. The van der Waals surface area contributed by atoms with Crippen molar-refractivity contribution >= 4 is 11.9 Å². The molecule has 6 nitrogen and oxygen atoms in total. The van der Waals surface area contributed by atoms with E-state index in [1.165, 1.54) is 0 Å². The Kier molecular flexibility index (Phi) is 5.03. The lowest BCUT2D eigenvalue weighted by atomic mass is 10.2. The molecule has 0 aromatic carbocycles. The van der Waals surface area contributed by atoms with Gasteiger partial charge >= 0.3 is 0 Å². The first-order valence-corrected chi connectivity index (χ1v) is 7.35. The van der Waals surface area contributed by atoms with E-state index in [2.05, 4.69) is 44.0 Å². The molecule has 6 heteroatoms. The topological polar surface area (TPSA) is 66.8 Å². The van der Waals surface area contributed by atoms with Crippen LogP contribution in [0.2, 0.25) is 0 Å². The monoisotopic (exact) mass is 286 g/mol. The van der Waals surface area contributed by atoms with Crippen LogP contribution in [-0.2, 0) is 0 Å². The zero-order valence-corrected chi connectivity index (χ0v) is 13.1. The second-order valence-electron chi connectivity index (χ2n) is 4.67. The molecule has 2 rings (SSSR count). The first-order chi connectivity index (χ1) is 10.2. The fraction of sp³-hybridized carbons (Fsp3) is 0.467. The summed E-state index contributed by atoms with van der Waals surface area (Å²) in [6.07, 6.45) is 1.78. The Labute approximate surface area is 125 Å². The smallest absolute Gasteiger partial charge is 0.230 e. The molecule has 0 fully saturated rings. The van der Waals surface area contributed by atoms with E-state index in [1.807, 2.05) is 26.0 Å². The molecular weight excluding hydrogens is 264 g/mol. The number of anilines is 2. The standard InChI is InChI=1S/C15H22N6/c1-5-16-14-18-13(12-8-9-17-11(4)10-12)19-15(20-14)21(6-2)7-3/h8-10H,5-7H2,1-4H3,(H,16,18,19,20). The lowest BCUT2D eigenvalue weighted by molar-refractivity contribution is 0.813. The number of aromatic nitrogens is 4. The minimum Gasteiger partial charge on any atom is -0.354 e. The summed E-state index contributed by atoms with van der Waals surface area (Å²) in [7, 11) is 0. The number of nitrogens with one attached hydrogen (secondary N) is 1. The number of nitrogens with zero attached hydrogens (tertiary/aromatic N) is 5. The molecule has 0 aliphatic heterocycles. The van der Waals surface area contributed by atoms with Gasteiger partial charge in [-0.1, -0.05) is 0 Å². The average molecular weight is 286 g/mol. The predicted molar refractivity (Wildman–Crippen MR) is 85.5 cm³/mol. The normalized spacial score (nSPS) is 10.5. The Morgan fingerprint density at radius 3 is 2.48 bits per heavy atom. The Balaban J connectivity index is 2.49. The number of rotatable bonds is 6. The summed E-state index contributed by atoms with van der Waals surface area (Å²) in [6.45, 7) is 10.7. The lowest BCUT2D eigenvalue weighted by Crippen LogP contribution is -2.25. The van der Waals surface area contributed by atoms with E-state index in [0.29, 0.717) is 17.7 Å². The summed E-state index contributed by atoms with van der Waals surface area (Å²) >= 11 is 0. The van der Waals surface area contributed by atoms with Crippen molar-refractivity contribution < 1.29 is 0 Å². The summed E-state index contributed by atoms with van der Waals surface area (Å²) in [5.74, 6) is 1.99. The molecule has 0 radical (unpaired) electrons. The Morgan fingerprint density at radius 2 is 1.86 bits per heavy atom. The third-order valence-electron chi connectivity index (χ3n) is 3.16. The highest BCUT2D eigenvalue weighted by molar-refractivity contribution is 5.58. The maximum Gasteiger partial charge on any atom is 0.230 e. The van der Waals surface area contributed by atoms with Crippen LogP contribution in [0.15, 0.2) is 18.3 Å². The number of pyridine rings is 1. The van der Waals surface area contributed by atoms with Crippen molar-refractivity contribution in [2.75, 3.05) is 29.9 Å². The van der Waals surface area contributed by atoms with E-state index in [4.69, 9.17) is 0 Å². The highest BCUT2D eigenvalue weighted by atomic mass is 15.3. The minimum atomic E-state index is 0.610. The van der Waals surface area contributed by atoms with Crippen LogP contribution < -0.4 is 10.2 Å². The molecule has 112 valence electrons. The van der Waals surface area contributed by atoms with Gasteiger partial charge in [-0.25, -0.2) is 0 Å². The van der Waals surface area contributed by atoms with Gasteiger partial charge in [0.2, 0.25) is 11.9 Å². The zero-order chi connectivity index (χ0) is 15.2. The molecule has 0 bridgehead atoms. The lowest BCUT2D eigenvalue weighted by Gasteiger charge is -2.19. The second-order valence-corrected chi connectivity index (χ2v) is 4.67. The second kappa shape index (κ2) is 6.97. The summed E-state index contributed by atoms with van der Waals surface area (Å²) in [6, 6.07) is 3.90. The van der Waals surface area contributed by atoms with Crippen LogP contribution in [0.4, 0.5) is 11.9 Å². The molecule has 1 N–H and O–H groups in total. The maximum atomic E-state index is 4.60. The number of aryl methyl sites for hydroxylation is 1. The van der Waals surface area contributed by atoms with Crippen LogP contribution in [0, 0.1) is 6.92 Å². The van der Waals surface area contributed by atoms with E-state index in [1.54, 1.807) is 6.20 Å². The summed E-state index contributed by atoms with van der Waals surface area (Å²) in [4.78, 5) is 19.9. The van der Waals surface area contributed by atoms with E-state index in [0.717, 1.165) is 30.9 Å². The van der Waals surface area contributed by atoms with Crippen molar-refractivity contribution in [1.29, 1.82) is 0 Å². The van der Waals surface area contributed by atoms with Crippen LogP contribution in [-0.4, -0.2) is 39.6 Å². The van der Waals surface area contributed by atoms with Gasteiger partial charge < -0.3 is 10.2 Å². The highest BCUT2D eigenvalue weighted by Gasteiger charge is 2.12. The number of hydrogen-bond acceptors (Lipinski definition) is 6. The molecular formula is C15H22N6. The van der Waals surface area contributed by atoms with Crippen molar-refractivity contribution in [2.24, 2.45) is 0 Å². The van der Waals surface area contributed by atoms with Crippen molar-refractivity contribution in [2.45, 2.75) is 27.7 Å². The van der Waals surface area contributed by atoms with Crippen LogP contribution in [0.25, 0.3) is 11.4 Å². The summed E-state index contributed by atoms with van der Waals surface area (Å²) in [5, 5.41) is 3.17. The third-order valence-corrected chi connectivity index (χ3v) is 3.16. The van der Waals surface area contributed by atoms with E-state index >= 15 is 0 Å². The van der Waals surface area contributed by atoms with Crippen molar-refractivity contribution in [3.05, 3.63) is 24.0 Å². The Hall–Kier alpha value is -2.24. The van der Waals surface area contributed by atoms with Gasteiger partial charge in [-0.3, -0.25) is 4.98 Å². The van der Waals surface area contributed by atoms with Crippen LogP contribution in [0.1, 0.15) is 26.5 Å². The van der Waals surface area contributed by atoms with Gasteiger partial charge in [0.1, 0.15) is 0 Å². The molecule has 0 atom stereocenters. The minimum absolute atomic E-state index is 0.610. The largest absolute Gasteiger partial charge is 0.354 e. The fourth-order valence-electron chi connectivity index (χ4n) is 2.06. The quantitative estimate of drug-likeness (QED) is 0.880. The molecule has 2 aromatic rings. The molecule has 0 spiro atoms. The molecule has 21 heavy (non-hydrogen) atoms. The molecule has 0 amide bonds. The van der Waals surface area contributed by atoms with Crippen LogP contribution >= 0.6 is 0 Å². The van der Waals surface area contributed by atoms with Gasteiger partial charge in [0.25, 0.3) is 0 Å². The first-order valence-electron chi connectivity index (χ1n) is 7.35. The Bertz CT molecular complexity index is 594. The van der Waals surface area contributed by atoms with Gasteiger partial charge in [0.05, 0.1) is 0 Å². The van der Waals surface area contributed by atoms with E-state index in [9.17, 15) is 0 Å². The first kappa shape index (κ1) is 15.2. The predicted octanol–water partition coefficient (Wildman–Crippen LogP) is 2.52. The highest BCUT2D eigenvalue weighted by Crippen LogP contribution is 2.19. The van der Waals surface area contributed by atoms with Gasteiger partial charge in [0.15, 0.2) is 5.82 Å². The van der Waals surface area contributed by atoms with Crippen molar-refractivity contribution in [3.8, 4) is 11.4 Å².